The number of benzene rings is 2. The Hall–Kier alpha value is -3.06. The van der Waals surface area contributed by atoms with E-state index in [-0.39, 0.29) is 11.6 Å². The van der Waals surface area contributed by atoms with Gasteiger partial charge in [0, 0.05) is 31.2 Å². The Labute approximate surface area is 154 Å². The van der Waals surface area contributed by atoms with Gasteiger partial charge in [0.25, 0.3) is 5.69 Å². The Morgan fingerprint density at radius 1 is 1.19 bits per heavy atom. The molecule has 0 aliphatic carbocycles. The highest BCUT2D eigenvalue weighted by atomic mass is 32.1. The van der Waals surface area contributed by atoms with Gasteiger partial charge in [-0.1, -0.05) is 12.1 Å². The molecular formula is C19H17N3O3S. The number of fused-ring (bicyclic) bond motifs is 1. The first-order valence-electron chi connectivity index (χ1n) is 8.16. The molecule has 1 aromatic heterocycles. The minimum Gasteiger partial charge on any atom is -0.353 e. The lowest BCUT2D eigenvalue weighted by molar-refractivity contribution is -0.384. The number of carbonyl (C=O) groups excluding carboxylic acids is 1. The number of carbonyl (C=O) groups is 1. The molecule has 0 spiro atoms. The molecular weight excluding hydrogens is 350 g/mol. The van der Waals surface area contributed by atoms with Gasteiger partial charge in [-0.3, -0.25) is 14.9 Å². The molecule has 0 aliphatic heterocycles. The van der Waals surface area contributed by atoms with Gasteiger partial charge >= 0.3 is 0 Å². The van der Waals surface area contributed by atoms with Crippen LogP contribution in [0.4, 0.5) is 5.69 Å². The predicted molar refractivity (Wildman–Crippen MR) is 103 cm³/mol. The molecule has 0 aliphatic rings. The average molecular weight is 367 g/mol. The number of aryl methyl sites for hydroxylation is 1. The highest BCUT2D eigenvalue weighted by Gasteiger charge is 2.04. The zero-order valence-corrected chi connectivity index (χ0v) is 14.7. The third kappa shape index (κ3) is 4.73. The highest BCUT2D eigenvalue weighted by molar-refractivity contribution is 7.18. The van der Waals surface area contributed by atoms with Gasteiger partial charge in [-0.05, 0) is 42.3 Å². The number of aromatic nitrogens is 1. The van der Waals surface area contributed by atoms with Crippen LogP contribution in [0.25, 0.3) is 16.3 Å². The first kappa shape index (κ1) is 17.8. The number of amides is 1. The van der Waals surface area contributed by atoms with E-state index in [9.17, 15) is 14.9 Å². The van der Waals surface area contributed by atoms with Crippen LogP contribution in [-0.4, -0.2) is 22.4 Å². The van der Waals surface area contributed by atoms with Crippen molar-refractivity contribution in [2.24, 2.45) is 0 Å². The van der Waals surface area contributed by atoms with Crippen LogP contribution in [0.5, 0.6) is 0 Å². The van der Waals surface area contributed by atoms with Crippen molar-refractivity contribution in [3.8, 4) is 0 Å². The Kier molecular flexibility index (Phi) is 5.70. The molecule has 26 heavy (non-hydrogen) atoms. The molecule has 1 amide bonds. The SMILES string of the molecule is O=C(/C=C/c1ccc([N+](=O)[O-])cc1)NCCCc1nc2ccccc2s1. The van der Waals surface area contributed by atoms with E-state index in [0.717, 1.165) is 28.9 Å². The maximum Gasteiger partial charge on any atom is 0.269 e. The van der Waals surface area contributed by atoms with Crippen molar-refractivity contribution in [3.63, 3.8) is 0 Å². The van der Waals surface area contributed by atoms with E-state index in [2.05, 4.69) is 16.4 Å². The number of rotatable bonds is 7. The summed E-state index contributed by atoms with van der Waals surface area (Å²) in [5, 5.41) is 14.5. The minimum atomic E-state index is -0.453. The number of nitrogens with one attached hydrogen (secondary N) is 1. The maximum absolute atomic E-state index is 11.8. The molecule has 0 saturated carbocycles. The lowest BCUT2D eigenvalue weighted by Gasteiger charge is -2.00. The third-order valence-electron chi connectivity index (χ3n) is 3.74. The Morgan fingerprint density at radius 3 is 2.69 bits per heavy atom. The van der Waals surface area contributed by atoms with Gasteiger partial charge in [0.15, 0.2) is 0 Å². The van der Waals surface area contributed by atoms with Gasteiger partial charge in [-0.25, -0.2) is 4.98 Å². The van der Waals surface area contributed by atoms with E-state index in [1.807, 2.05) is 18.2 Å². The fraction of sp³-hybridized carbons (Fsp3) is 0.158. The van der Waals surface area contributed by atoms with E-state index in [0.29, 0.717) is 6.54 Å². The molecule has 0 fully saturated rings. The monoisotopic (exact) mass is 367 g/mol. The largest absolute Gasteiger partial charge is 0.353 e. The zero-order valence-electron chi connectivity index (χ0n) is 13.9. The van der Waals surface area contributed by atoms with Crippen molar-refractivity contribution in [2.45, 2.75) is 12.8 Å². The summed E-state index contributed by atoms with van der Waals surface area (Å²) >= 11 is 1.68. The smallest absolute Gasteiger partial charge is 0.269 e. The molecule has 3 rings (SSSR count). The lowest BCUT2D eigenvalue weighted by atomic mass is 10.2. The number of nitro groups is 1. The normalized spacial score (nSPS) is 11.1. The molecule has 0 atom stereocenters. The van der Waals surface area contributed by atoms with Crippen molar-refractivity contribution in [2.75, 3.05) is 6.54 Å². The van der Waals surface area contributed by atoms with Gasteiger partial charge in [-0.15, -0.1) is 11.3 Å². The second kappa shape index (κ2) is 8.35. The van der Waals surface area contributed by atoms with Crippen LogP contribution in [0.15, 0.2) is 54.6 Å². The van der Waals surface area contributed by atoms with Gasteiger partial charge in [0.05, 0.1) is 20.1 Å². The molecule has 132 valence electrons. The summed E-state index contributed by atoms with van der Waals surface area (Å²) in [5.41, 5.74) is 1.78. The van der Waals surface area contributed by atoms with Crippen LogP contribution in [0, 0.1) is 10.1 Å². The molecule has 1 heterocycles. The number of hydrogen-bond acceptors (Lipinski definition) is 5. The van der Waals surface area contributed by atoms with Gasteiger partial charge in [0.2, 0.25) is 5.91 Å². The minimum absolute atomic E-state index is 0.0291. The molecule has 6 nitrogen and oxygen atoms in total. The second-order valence-electron chi connectivity index (χ2n) is 5.65. The maximum atomic E-state index is 11.8. The van der Waals surface area contributed by atoms with E-state index in [1.165, 1.54) is 22.9 Å². The zero-order chi connectivity index (χ0) is 18.4. The van der Waals surface area contributed by atoms with Crippen LogP contribution in [0.2, 0.25) is 0 Å². The summed E-state index contributed by atoms with van der Waals surface area (Å²) in [6, 6.07) is 14.1. The summed E-state index contributed by atoms with van der Waals surface area (Å²) in [4.78, 5) is 26.5. The first-order chi connectivity index (χ1) is 12.6. The number of non-ortho nitro benzene ring substituents is 1. The van der Waals surface area contributed by atoms with Gasteiger partial charge < -0.3 is 5.32 Å². The molecule has 2 aromatic carbocycles. The van der Waals surface area contributed by atoms with Crippen molar-refractivity contribution < 1.29 is 9.72 Å². The quantitative estimate of drug-likeness (QED) is 0.296. The van der Waals surface area contributed by atoms with E-state index < -0.39 is 4.92 Å². The highest BCUT2D eigenvalue weighted by Crippen LogP contribution is 2.22. The van der Waals surface area contributed by atoms with E-state index >= 15 is 0 Å². The van der Waals surface area contributed by atoms with Crippen LogP contribution < -0.4 is 5.32 Å². The summed E-state index contributed by atoms with van der Waals surface area (Å²) in [7, 11) is 0. The van der Waals surface area contributed by atoms with Crippen LogP contribution >= 0.6 is 11.3 Å². The number of nitrogens with zero attached hydrogens (tertiary/aromatic N) is 2. The first-order valence-corrected chi connectivity index (χ1v) is 8.98. The molecule has 0 radical (unpaired) electrons. The van der Waals surface area contributed by atoms with Gasteiger partial charge in [0.1, 0.15) is 0 Å². The summed E-state index contributed by atoms with van der Waals surface area (Å²) in [6.07, 6.45) is 4.70. The number of nitro benzene ring substituents is 1. The summed E-state index contributed by atoms with van der Waals surface area (Å²) in [5.74, 6) is -0.187. The van der Waals surface area contributed by atoms with E-state index in [1.54, 1.807) is 29.5 Å². The second-order valence-corrected chi connectivity index (χ2v) is 6.77. The van der Waals surface area contributed by atoms with Crippen LogP contribution in [-0.2, 0) is 11.2 Å². The fourth-order valence-electron chi connectivity index (χ4n) is 2.42. The number of hydrogen-bond donors (Lipinski definition) is 1. The van der Waals surface area contributed by atoms with Gasteiger partial charge in [-0.2, -0.15) is 0 Å². The van der Waals surface area contributed by atoms with Crippen LogP contribution in [0.3, 0.4) is 0 Å². The predicted octanol–water partition coefficient (Wildman–Crippen LogP) is 3.97. The van der Waals surface area contributed by atoms with Crippen molar-refractivity contribution >= 4 is 39.2 Å². The molecule has 3 aromatic rings. The molecule has 1 N–H and O–H groups in total. The fourth-order valence-corrected chi connectivity index (χ4v) is 3.43. The summed E-state index contributed by atoms with van der Waals surface area (Å²) in [6.45, 7) is 0.569. The van der Waals surface area contributed by atoms with E-state index in [4.69, 9.17) is 0 Å². The summed E-state index contributed by atoms with van der Waals surface area (Å²) < 4.78 is 1.18. The average Bonchev–Trinajstić information content (AvgIpc) is 3.06. The molecule has 0 saturated heterocycles. The molecule has 0 bridgehead atoms. The number of thiazole rings is 1. The molecule has 7 heteroatoms. The Morgan fingerprint density at radius 2 is 1.96 bits per heavy atom. The standard InChI is InChI=1S/C19H17N3O3S/c23-18(12-9-14-7-10-15(11-8-14)22(24)25)20-13-3-6-19-21-16-4-1-2-5-17(16)26-19/h1-2,4-5,7-12H,3,6,13H2,(H,20,23)/b12-9+. The Bertz CT molecular complexity index is 915. The van der Waals surface area contributed by atoms with Crippen LogP contribution in [0.1, 0.15) is 17.0 Å². The van der Waals surface area contributed by atoms with Crippen molar-refractivity contribution in [1.29, 1.82) is 0 Å². The molecule has 0 unspecified atom stereocenters. The topological polar surface area (TPSA) is 85.1 Å². The lowest BCUT2D eigenvalue weighted by Crippen LogP contribution is -2.22. The number of para-hydroxylation sites is 1. The van der Waals surface area contributed by atoms with Crippen molar-refractivity contribution in [3.05, 3.63) is 75.3 Å². The third-order valence-corrected chi connectivity index (χ3v) is 4.83. The van der Waals surface area contributed by atoms with Crippen molar-refractivity contribution in [1.82, 2.24) is 10.3 Å². The Balaban J connectivity index is 1.42.